The molecule has 0 saturated heterocycles. The van der Waals surface area contributed by atoms with Crippen molar-refractivity contribution < 1.29 is 0 Å². The van der Waals surface area contributed by atoms with Gasteiger partial charge in [-0.15, -0.1) is 0 Å². The van der Waals surface area contributed by atoms with Gasteiger partial charge in [-0.05, 0) is 93.6 Å². The molecule has 286 valence electrons. The summed E-state index contributed by atoms with van der Waals surface area (Å²) in [5.41, 5.74) is 10.00. The average Bonchev–Trinajstić information content (AvgIpc) is 3.84. The molecule has 0 unspecified atom stereocenters. The van der Waals surface area contributed by atoms with Crippen molar-refractivity contribution >= 4 is 72.4 Å². The van der Waals surface area contributed by atoms with E-state index < -0.39 is 8.07 Å². The maximum Gasteiger partial charge on any atom is 0.179 e. The van der Waals surface area contributed by atoms with E-state index in [1.54, 1.807) is 0 Å². The van der Waals surface area contributed by atoms with Gasteiger partial charge in [0.2, 0.25) is 0 Å². The molecule has 0 saturated carbocycles. The summed E-state index contributed by atoms with van der Waals surface area (Å²) in [5.74, 6) is 0. The summed E-state index contributed by atoms with van der Waals surface area (Å²) < 4.78 is 4.93. The summed E-state index contributed by atoms with van der Waals surface area (Å²) in [5, 5.41) is 10.7. The zero-order valence-corrected chi connectivity index (χ0v) is 34.5. The standard InChI is InChI=1S/C57H44N2Si/c1-4-21-46(22-5-1)60(47-23-6-2-7-24-47,48-25-8-3-9-26-48)49-37-35-42(36-38-49)19-18-20-43-39-44(58-54-31-14-10-27-50(54)51-28-11-15-32-55(51)58)41-45(40-43)59-56-33-16-12-29-52(56)53-30-13-17-34-57(53)59/h1-17,21-41H,18-20H2. The second-order valence-corrected chi connectivity index (χ2v) is 19.8. The predicted octanol–water partition coefficient (Wildman–Crippen LogP) is 11.4. The lowest BCUT2D eigenvalue weighted by molar-refractivity contribution is 0.819. The van der Waals surface area contributed by atoms with Crippen LogP contribution in [0.25, 0.3) is 55.0 Å². The van der Waals surface area contributed by atoms with Gasteiger partial charge in [0, 0.05) is 32.9 Å². The van der Waals surface area contributed by atoms with Crippen molar-refractivity contribution in [2.75, 3.05) is 0 Å². The first-order valence-electron chi connectivity index (χ1n) is 21.1. The first-order valence-corrected chi connectivity index (χ1v) is 23.1. The molecule has 0 amide bonds. The molecule has 0 spiro atoms. The molecule has 0 N–H and O–H groups in total. The van der Waals surface area contributed by atoms with E-state index in [0.717, 1.165) is 19.3 Å². The second-order valence-electron chi connectivity index (χ2n) is 16.0. The van der Waals surface area contributed by atoms with Crippen LogP contribution in [0.2, 0.25) is 0 Å². The van der Waals surface area contributed by atoms with E-state index in [0.29, 0.717) is 0 Å². The Morgan fingerprint density at radius 3 is 0.983 bits per heavy atom. The second kappa shape index (κ2) is 15.2. The van der Waals surface area contributed by atoms with Gasteiger partial charge in [0.15, 0.2) is 8.07 Å². The minimum absolute atomic E-state index is 0.966. The van der Waals surface area contributed by atoms with Crippen molar-refractivity contribution in [3.63, 3.8) is 0 Å². The van der Waals surface area contributed by atoms with Crippen LogP contribution in [-0.2, 0) is 12.8 Å². The number of aryl methyl sites for hydroxylation is 2. The maximum absolute atomic E-state index is 2.56. The van der Waals surface area contributed by atoms with Crippen LogP contribution in [-0.4, -0.2) is 17.2 Å². The van der Waals surface area contributed by atoms with Crippen molar-refractivity contribution in [3.05, 3.63) is 242 Å². The maximum atomic E-state index is 2.46. The van der Waals surface area contributed by atoms with Crippen LogP contribution in [0.1, 0.15) is 17.5 Å². The van der Waals surface area contributed by atoms with Gasteiger partial charge >= 0.3 is 0 Å². The molecule has 2 heterocycles. The molecule has 11 rings (SSSR count). The molecule has 60 heavy (non-hydrogen) atoms. The Morgan fingerprint density at radius 2 is 0.600 bits per heavy atom. The van der Waals surface area contributed by atoms with E-state index in [1.165, 1.54) is 86.9 Å². The Balaban J connectivity index is 0.984. The van der Waals surface area contributed by atoms with Crippen LogP contribution < -0.4 is 20.7 Å². The van der Waals surface area contributed by atoms with Crippen LogP contribution in [0.4, 0.5) is 0 Å². The number of nitrogens with zero attached hydrogens (tertiary/aromatic N) is 2. The molecule has 2 aromatic heterocycles. The highest BCUT2D eigenvalue weighted by atomic mass is 28.3. The molecule has 0 aliphatic carbocycles. The number of hydrogen-bond donors (Lipinski definition) is 0. The first-order chi connectivity index (χ1) is 29.8. The van der Waals surface area contributed by atoms with E-state index in [2.05, 4.69) is 240 Å². The molecule has 0 atom stereocenters. The van der Waals surface area contributed by atoms with Crippen molar-refractivity contribution in [1.82, 2.24) is 9.13 Å². The molecule has 2 nitrogen and oxygen atoms in total. The quantitative estimate of drug-likeness (QED) is 0.0966. The SMILES string of the molecule is c1ccc([Si](c2ccccc2)(c2ccccc2)c2ccc(CCCc3cc(-n4c5ccccc5c5ccccc54)cc(-n4c5ccccc5c5ccccc54)c3)cc2)cc1. The molecule has 11 aromatic rings. The Hall–Kier alpha value is -7.20. The smallest absolute Gasteiger partial charge is 0.179 e. The number of hydrogen-bond acceptors (Lipinski definition) is 0. The zero-order chi connectivity index (χ0) is 39.9. The largest absolute Gasteiger partial charge is 0.309 e. The Bertz CT molecular complexity index is 2940. The van der Waals surface area contributed by atoms with Crippen molar-refractivity contribution in [2.24, 2.45) is 0 Å². The van der Waals surface area contributed by atoms with Gasteiger partial charge in [-0.1, -0.05) is 188 Å². The molecular weight excluding hydrogens is 741 g/mol. The predicted molar refractivity (Wildman–Crippen MR) is 257 cm³/mol. The number of para-hydroxylation sites is 4. The lowest BCUT2D eigenvalue weighted by atomic mass is 10.0. The molecule has 0 fully saturated rings. The fourth-order valence-electron chi connectivity index (χ4n) is 9.94. The van der Waals surface area contributed by atoms with Gasteiger partial charge < -0.3 is 9.13 Å². The summed E-state index contributed by atoms with van der Waals surface area (Å²) in [6, 6.07) is 85.8. The van der Waals surface area contributed by atoms with Crippen molar-refractivity contribution in [3.8, 4) is 11.4 Å². The van der Waals surface area contributed by atoms with E-state index in [9.17, 15) is 0 Å². The highest BCUT2D eigenvalue weighted by molar-refractivity contribution is 7.19. The molecule has 0 bridgehead atoms. The summed E-state index contributed by atoms with van der Waals surface area (Å²) in [4.78, 5) is 0. The van der Waals surface area contributed by atoms with E-state index in [-0.39, 0.29) is 0 Å². The Kier molecular flexibility index (Phi) is 9.09. The Labute approximate surface area is 352 Å². The molecule has 0 radical (unpaired) electrons. The summed E-state index contributed by atoms with van der Waals surface area (Å²) >= 11 is 0. The molecule has 0 aliphatic heterocycles. The minimum Gasteiger partial charge on any atom is -0.309 e. The molecular formula is C57H44N2Si. The monoisotopic (exact) mass is 784 g/mol. The highest BCUT2D eigenvalue weighted by Crippen LogP contribution is 2.36. The lowest BCUT2D eigenvalue weighted by Crippen LogP contribution is -2.74. The number of aromatic nitrogens is 2. The highest BCUT2D eigenvalue weighted by Gasteiger charge is 2.41. The van der Waals surface area contributed by atoms with Crippen LogP contribution in [0.5, 0.6) is 0 Å². The van der Waals surface area contributed by atoms with Gasteiger partial charge in [-0.2, -0.15) is 0 Å². The minimum atomic E-state index is -2.56. The van der Waals surface area contributed by atoms with E-state index in [4.69, 9.17) is 0 Å². The third-order valence-electron chi connectivity index (χ3n) is 12.6. The van der Waals surface area contributed by atoms with Gasteiger partial charge in [-0.3, -0.25) is 0 Å². The van der Waals surface area contributed by atoms with E-state index in [1.807, 2.05) is 0 Å². The van der Waals surface area contributed by atoms with Crippen LogP contribution in [0.15, 0.2) is 231 Å². The number of rotatable bonds is 10. The molecule has 9 aromatic carbocycles. The van der Waals surface area contributed by atoms with E-state index >= 15 is 0 Å². The van der Waals surface area contributed by atoms with Crippen LogP contribution >= 0.6 is 0 Å². The Morgan fingerprint density at radius 1 is 0.283 bits per heavy atom. The van der Waals surface area contributed by atoms with Crippen molar-refractivity contribution in [2.45, 2.75) is 19.3 Å². The molecule has 3 heteroatoms. The summed E-state index contributed by atoms with van der Waals surface area (Å²) in [7, 11) is -2.56. The normalized spacial score (nSPS) is 11.9. The van der Waals surface area contributed by atoms with Gasteiger partial charge in [0.25, 0.3) is 0 Å². The van der Waals surface area contributed by atoms with Gasteiger partial charge in [0.1, 0.15) is 0 Å². The van der Waals surface area contributed by atoms with Gasteiger partial charge in [0.05, 0.1) is 22.1 Å². The number of fused-ring (bicyclic) bond motifs is 6. The van der Waals surface area contributed by atoms with Crippen LogP contribution in [0, 0.1) is 0 Å². The summed E-state index contributed by atoms with van der Waals surface area (Å²) in [6.07, 6.45) is 3.01. The topological polar surface area (TPSA) is 9.86 Å². The number of benzene rings is 9. The molecule has 0 aliphatic rings. The first kappa shape index (κ1) is 35.9. The third kappa shape index (κ3) is 6.01. The average molecular weight is 785 g/mol. The fourth-order valence-corrected chi connectivity index (χ4v) is 14.7. The van der Waals surface area contributed by atoms with Gasteiger partial charge in [-0.25, -0.2) is 0 Å². The lowest BCUT2D eigenvalue weighted by Gasteiger charge is -2.34. The van der Waals surface area contributed by atoms with Crippen molar-refractivity contribution in [1.29, 1.82) is 0 Å². The fraction of sp³-hybridized carbons (Fsp3) is 0.0526. The third-order valence-corrected chi connectivity index (χ3v) is 17.4. The zero-order valence-electron chi connectivity index (χ0n) is 33.5. The summed E-state index contributed by atoms with van der Waals surface area (Å²) in [6.45, 7) is 0. The van der Waals surface area contributed by atoms with Crippen LogP contribution in [0.3, 0.4) is 0 Å².